The maximum Gasteiger partial charge on any atom is 0.254 e. The summed E-state index contributed by atoms with van der Waals surface area (Å²) in [4.78, 5) is 15.0. The molecule has 0 aromatic heterocycles. The summed E-state index contributed by atoms with van der Waals surface area (Å²) in [6.45, 7) is 1.89. The maximum absolute atomic E-state index is 13.2. The first-order chi connectivity index (χ1) is 12.7. The van der Waals surface area contributed by atoms with Gasteiger partial charge in [0.1, 0.15) is 17.3 Å². The molecule has 1 amide bonds. The van der Waals surface area contributed by atoms with Crippen LogP contribution in [-0.4, -0.2) is 30.1 Å². The van der Waals surface area contributed by atoms with Crippen molar-refractivity contribution in [3.8, 4) is 11.5 Å². The molecule has 2 heterocycles. The van der Waals surface area contributed by atoms with Gasteiger partial charge >= 0.3 is 0 Å². The Balaban J connectivity index is 1.51. The number of carbonyl (C=O) groups excluding carboxylic acids is 1. The van der Waals surface area contributed by atoms with Gasteiger partial charge < -0.3 is 14.4 Å². The highest BCUT2D eigenvalue weighted by molar-refractivity contribution is 5.94. The van der Waals surface area contributed by atoms with Crippen molar-refractivity contribution in [2.24, 2.45) is 0 Å². The number of ether oxygens (including phenoxy) is 2. The summed E-state index contributed by atoms with van der Waals surface area (Å²) in [5.41, 5.74) is 3.96. The van der Waals surface area contributed by atoms with Crippen LogP contribution in [0.4, 0.5) is 4.39 Å². The quantitative estimate of drug-likeness (QED) is 0.844. The van der Waals surface area contributed by atoms with Crippen LogP contribution in [0.1, 0.15) is 39.9 Å². The standard InChI is InChI=1S/C21H20FNO3/c22-15-3-1-13(2-4-15)21(24)23(16-5-6-16)12-18-17-8-10-25-19(17)11-14-7-9-26-20(14)18/h1-4,11,16H,5-10,12H2. The monoisotopic (exact) mass is 353 g/mol. The number of carbonyl (C=O) groups is 1. The molecule has 1 aliphatic carbocycles. The Kier molecular flexibility index (Phi) is 3.62. The van der Waals surface area contributed by atoms with E-state index in [1.54, 1.807) is 12.1 Å². The predicted molar refractivity (Wildman–Crippen MR) is 94.1 cm³/mol. The molecule has 0 saturated heterocycles. The number of nitrogens with zero attached hydrogens (tertiary/aromatic N) is 1. The zero-order valence-electron chi connectivity index (χ0n) is 14.5. The van der Waals surface area contributed by atoms with E-state index < -0.39 is 0 Å². The molecule has 3 aliphatic rings. The molecule has 5 heteroatoms. The lowest BCUT2D eigenvalue weighted by Gasteiger charge is -2.25. The van der Waals surface area contributed by atoms with Gasteiger partial charge in [0.05, 0.1) is 19.8 Å². The van der Waals surface area contributed by atoms with E-state index in [1.807, 2.05) is 4.90 Å². The van der Waals surface area contributed by atoms with Crippen molar-refractivity contribution in [1.82, 2.24) is 4.90 Å². The van der Waals surface area contributed by atoms with Gasteiger partial charge in [0, 0.05) is 41.1 Å². The summed E-state index contributed by atoms with van der Waals surface area (Å²) in [6, 6.07) is 8.15. The highest BCUT2D eigenvalue weighted by atomic mass is 19.1. The molecule has 134 valence electrons. The average Bonchev–Trinajstić information content (AvgIpc) is 3.18. The van der Waals surface area contributed by atoms with Gasteiger partial charge in [-0.3, -0.25) is 4.79 Å². The Morgan fingerprint density at radius 1 is 1.12 bits per heavy atom. The molecular weight excluding hydrogens is 333 g/mol. The molecule has 1 saturated carbocycles. The number of fused-ring (bicyclic) bond motifs is 2. The van der Waals surface area contributed by atoms with E-state index in [0.29, 0.717) is 25.3 Å². The van der Waals surface area contributed by atoms with Crippen LogP contribution in [0.25, 0.3) is 0 Å². The van der Waals surface area contributed by atoms with Gasteiger partial charge in [-0.25, -0.2) is 4.39 Å². The summed E-state index contributed by atoms with van der Waals surface area (Å²) >= 11 is 0. The lowest BCUT2D eigenvalue weighted by Crippen LogP contribution is -2.33. The van der Waals surface area contributed by atoms with E-state index in [2.05, 4.69) is 6.07 Å². The molecule has 0 spiro atoms. The smallest absolute Gasteiger partial charge is 0.254 e. The Labute approximate surface area is 151 Å². The second-order valence-electron chi connectivity index (χ2n) is 7.19. The minimum atomic E-state index is -0.330. The molecule has 2 aromatic carbocycles. The topological polar surface area (TPSA) is 38.8 Å². The van der Waals surface area contributed by atoms with Crippen LogP contribution in [0.2, 0.25) is 0 Å². The second-order valence-corrected chi connectivity index (χ2v) is 7.19. The van der Waals surface area contributed by atoms with Crippen molar-refractivity contribution >= 4 is 5.91 Å². The van der Waals surface area contributed by atoms with Crippen LogP contribution in [0.15, 0.2) is 30.3 Å². The Morgan fingerprint density at radius 2 is 1.88 bits per heavy atom. The lowest BCUT2D eigenvalue weighted by molar-refractivity contribution is 0.0728. The molecule has 4 nitrogen and oxygen atoms in total. The number of benzene rings is 2. The molecule has 0 bridgehead atoms. The average molecular weight is 353 g/mol. The molecular formula is C21H20FNO3. The number of amides is 1. The normalized spacial score (nSPS) is 17.3. The van der Waals surface area contributed by atoms with Crippen molar-refractivity contribution < 1.29 is 18.7 Å². The molecule has 1 fully saturated rings. The van der Waals surface area contributed by atoms with Crippen LogP contribution >= 0.6 is 0 Å². The van der Waals surface area contributed by atoms with Gasteiger partial charge in [-0.1, -0.05) is 0 Å². The van der Waals surface area contributed by atoms with Gasteiger partial charge in [-0.2, -0.15) is 0 Å². The third-order valence-corrected chi connectivity index (χ3v) is 5.43. The summed E-state index contributed by atoms with van der Waals surface area (Å²) in [5, 5.41) is 0. The summed E-state index contributed by atoms with van der Waals surface area (Å²) in [5.74, 6) is 1.50. The molecule has 0 radical (unpaired) electrons. The number of hydrogen-bond donors (Lipinski definition) is 0. The molecule has 0 unspecified atom stereocenters. The van der Waals surface area contributed by atoms with E-state index in [9.17, 15) is 9.18 Å². The Bertz CT molecular complexity index is 842. The van der Waals surface area contributed by atoms with E-state index in [0.717, 1.165) is 42.7 Å². The highest BCUT2D eigenvalue weighted by Gasteiger charge is 2.36. The molecule has 26 heavy (non-hydrogen) atoms. The van der Waals surface area contributed by atoms with Crippen LogP contribution < -0.4 is 9.47 Å². The molecule has 5 rings (SSSR count). The van der Waals surface area contributed by atoms with E-state index >= 15 is 0 Å². The number of halogens is 1. The van der Waals surface area contributed by atoms with Gasteiger partial charge in [-0.05, 0) is 43.2 Å². The number of hydrogen-bond acceptors (Lipinski definition) is 3. The summed E-state index contributed by atoms with van der Waals surface area (Å²) < 4.78 is 24.9. The van der Waals surface area contributed by atoms with Crippen molar-refractivity contribution in [3.63, 3.8) is 0 Å². The fourth-order valence-corrected chi connectivity index (χ4v) is 3.93. The first kappa shape index (κ1) is 15.7. The third kappa shape index (κ3) is 2.62. The van der Waals surface area contributed by atoms with Gasteiger partial charge in [0.15, 0.2) is 0 Å². The van der Waals surface area contributed by atoms with Crippen LogP contribution in [0.5, 0.6) is 11.5 Å². The van der Waals surface area contributed by atoms with Gasteiger partial charge in [0.2, 0.25) is 0 Å². The predicted octanol–water partition coefficient (Wildman–Crippen LogP) is 3.50. The van der Waals surface area contributed by atoms with Crippen molar-refractivity contribution in [1.29, 1.82) is 0 Å². The zero-order valence-corrected chi connectivity index (χ0v) is 14.5. The lowest BCUT2D eigenvalue weighted by atomic mass is 9.98. The molecule has 2 aliphatic heterocycles. The summed E-state index contributed by atoms with van der Waals surface area (Å²) in [7, 11) is 0. The van der Waals surface area contributed by atoms with Gasteiger partial charge in [-0.15, -0.1) is 0 Å². The van der Waals surface area contributed by atoms with Crippen LogP contribution in [-0.2, 0) is 19.4 Å². The van der Waals surface area contributed by atoms with Crippen molar-refractivity contribution in [2.45, 2.75) is 38.3 Å². The minimum Gasteiger partial charge on any atom is -0.493 e. The van der Waals surface area contributed by atoms with E-state index in [-0.39, 0.29) is 17.8 Å². The minimum absolute atomic E-state index is 0.0456. The molecule has 0 N–H and O–H groups in total. The summed E-state index contributed by atoms with van der Waals surface area (Å²) in [6.07, 6.45) is 3.77. The maximum atomic E-state index is 13.2. The van der Waals surface area contributed by atoms with Gasteiger partial charge in [0.25, 0.3) is 5.91 Å². The fraction of sp³-hybridized carbons (Fsp3) is 0.381. The number of rotatable bonds is 4. The third-order valence-electron chi connectivity index (χ3n) is 5.43. The Morgan fingerprint density at radius 3 is 2.65 bits per heavy atom. The second kappa shape index (κ2) is 6.01. The SMILES string of the molecule is O=C(c1ccc(F)cc1)N(Cc1c2c(cc3c1OCC3)OCC2)C1CC1. The van der Waals surface area contributed by atoms with Crippen molar-refractivity contribution in [3.05, 3.63) is 58.4 Å². The fourth-order valence-electron chi connectivity index (χ4n) is 3.93. The van der Waals surface area contributed by atoms with Crippen LogP contribution in [0.3, 0.4) is 0 Å². The Hall–Kier alpha value is -2.56. The first-order valence-corrected chi connectivity index (χ1v) is 9.20. The first-order valence-electron chi connectivity index (χ1n) is 9.20. The molecule has 2 aromatic rings. The van der Waals surface area contributed by atoms with Crippen LogP contribution in [0, 0.1) is 5.82 Å². The molecule has 0 atom stereocenters. The van der Waals surface area contributed by atoms with E-state index in [4.69, 9.17) is 9.47 Å². The van der Waals surface area contributed by atoms with Crippen molar-refractivity contribution in [2.75, 3.05) is 13.2 Å². The highest BCUT2D eigenvalue weighted by Crippen LogP contribution is 2.42. The largest absolute Gasteiger partial charge is 0.493 e. The van der Waals surface area contributed by atoms with E-state index in [1.165, 1.54) is 23.3 Å². The zero-order chi connectivity index (χ0) is 17.7.